The number of aliphatic carboxylic acids is 1. The van der Waals surface area contributed by atoms with E-state index in [9.17, 15) is 15.0 Å². The molecule has 0 radical (unpaired) electrons. The molecule has 2 bridgehead atoms. The fourth-order valence-corrected chi connectivity index (χ4v) is 6.14. The van der Waals surface area contributed by atoms with E-state index < -0.39 is 12.0 Å². The molecular weight excluding hydrogens is 326 g/mol. The molecular formula is C22H33NO3. The summed E-state index contributed by atoms with van der Waals surface area (Å²) in [5, 5.41) is 23.0. The number of carbonyl (C=O) groups is 1. The third-order valence-electron chi connectivity index (χ3n) is 6.42. The maximum Gasteiger partial charge on any atom is 0.321 e. The minimum Gasteiger partial charge on any atom is -0.480 e. The molecule has 2 aliphatic rings. The van der Waals surface area contributed by atoms with E-state index >= 15 is 0 Å². The molecule has 26 heavy (non-hydrogen) atoms. The predicted octanol–water partition coefficient (Wildman–Crippen LogP) is 4.01. The van der Waals surface area contributed by atoms with Crippen LogP contribution in [-0.4, -0.2) is 28.8 Å². The van der Waals surface area contributed by atoms with Crippen molar-refractivity contribution in [1.82, 2.24) is 5.32 Å². The molecule has 2 saturated carbocycles. The first-order chi connectivity index (χ1) is 12.2. The average Bonchev–Trinajstić information content (AvgIpc) is 2.53. The molecule has 5 atom stereocenters. The molecule has 0 heterocycles. The van der Waals surface area contributed by atoms with Gasteiger partial charge in [0.1, 0.15) is 6.04 Å². The van der Waals surface area contributed by atoms with Crippen molar-refractivity contribution in [3.63, 3.8) is 0 Å². The lowest BCUT2D eigenvalue weighted by Gasteiger charge is -2.53. The standard InChI is InChI=1S/C22H33NO3/c1-21(2)10-15-9-17(12-22(3,11-15)14-21)19(20(25)26)23-18(13-24)16-7-5-4-6-8-16/h4-8,15,17-19,23-24H,9-14H2,1-3H3,(H,25,26)/t15?,17?,18-,19-,22?/m0/s1. The van der Waals surface area contributed by atoms with Crippen LogP contribution < -0.4 is 5.32 Å². The fourth-order valence-electron chi connectivity index (χ4n) is 6.14. The van der Waals surface area contributed by atoms with Crippen LogP contribution in [0.3, 0.4) is 0 Å². The summed E-state index contributed by atoms with van der Waals surface area (Å²) in [4.78, 5) is 12.1. The Hall–Kier alpha value is -1.39. The Morgan fingerprint density at radius 2 is 1.88 bits per heavy atom. The highest BCUT2D eigenvalue weighted by atomic mass is 16.4. The van der Waals surface area contributed by atoms with Gasteiger partial charge in [-0.15, -0.1) is 0 Å². The van der Waals surface area contributed by atoms with Crippen molar-refractivity contribution in [2.75, 3.05) is 6.61 Å². The number of rotatable bonds is 6. The first-order valence-electron chi connectivity index (χ1n) is 9.86. The molecule has 144 valence electrons. The Kier molecular flexibility index (Phi) is 5.45. The monoisotopic (exact) mass is 359 g/mol. The van der Waals surface area contributed by atoms with Crippen molar-refractivity contribution in [3.05, 3.63) is 35.9 Å². The van der Waals surface area contributed by atoms with E-state index in [1.807, 2.05) is 30.3 Å². The molecule has 2 fully saturated rings. The molecule has 3 unspecified atom stereocenters. The zero-order valence-corrected chi connectivity index (χ0v) is 16.2. The number of aliphatic hydroxyl groups is 1. The number of carboxylic acids is 1. The van der Waals surface area contributed by atoms with Gasteiger partial charge >= 0.3 is 5.97 Å². The summed E-state index contributed by atoms with van der Waals surface area (Å²) in [6.07, 6.45) is 5.50. The lowest BCUT2D eigenvalue weighted by molar-refractivity contribution is -0.143. The largest absolute Gasteiger partial charge is 0.480 e. The van der Waals surface area contributed by atoms with Gasteiger partial charge in [0, 0.05) is 0 Å². The molecule has 1 aromatic rings. The van der Waals surface area contributed by atoms with Crippen molar-refractivity contribution in [3.8, 4) is 0 Å². The molecule has 1 aromatic carbocycles. The first-order valence-corrected chi connectivity index (χ1v) is 9.86. The Morgan fingerprint density at radius 1 is 1.19 bits per heavy atom. The molecule has 4 nitrogen and oxygen atoms in total. The number of carboxylic acid groups (broad SMARTS) is 1. The topological polar surface area (TPSA) is 69.6 Å². The van der Waals surface area contributed by atoms with E-state index in [1.165, 1.54) is 19.3 Å². The molecule has 0 aromatic heterocycles. The van der Waals surface area contributed by atoms with Crippen molar-refractivity contribution in [2.45, 2.75) is 65.0 Å². The van der Waals surface area contributed by atoms with Crippen molar-refractivity contribution >= 4 is 5.97 Å². The van der Waals surface area contributed by atoms with Crippen LogP contribution in [0.1, 0.15) is 64.5 Å². The molecule has 0 amide bonds. The minimum absolute atomic E-state index is 0.103. The number of hydrogen-bond donors (Lipinski definition) is 3. The summed E-state index contributed by atoms with van der Waals surface area (Å²) < 4.78 is 0. The SMILES string of the molecule is CC1(C)CC2CC([C@H](N[C@@H](CO)c3ccccc3)C(=O)O)CC(C)(C2)C1. The average molecular weight is 360 g/mol. The van der Waals surface area contributed by atoms with Gasteiger partial charge in [0.25, 0.3) is 0 Å². The highest BCUT2D eigenvalue weighted by Crippen LogP contribution is 2.57. The van der Waals surface area contributed by atoms with Gasteiger partial charge in [-0.2, -0.15) is 0 Å². The maximum absolute atomic E-state index is 12.1. The summed E-state index contributed by atoms with van der Waals surface area (Å²) in [5.74, 6) is -0.0761. The third kappa shape index (κ3) is 4.29. The Labute approximate surface area is 157 Å². The van der Waals surface area contributed by atoms with Gasteiger partial charge in [0.2, 0.25) is 0 Å². The number of aliphatic hydroxyl groups excluding tert-OH is 1. The van der Waals surface area contributed by atoms with E-state index in [4.69, 9.17) is 0 Å². The minimum atomic E-state index is -0.799. The highest BCUT2D eigenvalue weighted by molar-refractivity contribution is 5.74. The second kappa shape index (κ2) is 7.32. The van der Waals surface area contributed by atoms with E-state index in [0.717, 1.165) is 18.4 Å². The summed E-state index contributed by atoms with van der Waals surface area (Å²) in [7, 11) is 0. The van der Waals surface area contributed by atoms with Crippen LogP contribution in [0.25, 0.3) is 0 Å². The number of fused-ring (bicyclic) bond motifs is 2. The van der Waals surface area contributed by atoms with Crippen molar-refractivity contribution in [2.24, 2.45) is 22.7 Å². The zero-order valence-electron chi connectivity index (χ0n) is 16.2. The first kappa shape index (κ1) is 19.4. The van der Waals surface area contributed by atoms with Gasteiger partial charge in [0.15, 0.2) is 0 Å². The Balaban J connectivity index is 1.77. The van der Waals surface area contributed by atoms with Crippen molar-refractivity contribution < 1.29 is 15.0 Å². The third-order valence-corrected chi connectivity index (χ3v) is 6.42. The second-order valence-corrected chi connectivity index (χ2v) is 9.75. The van der Waals surface area contributed by atoms with Gasteiger partial charge in [-0.05, 0) is 60.3 Å². The summed E-state index contributed by atoms with van der Waals surface area (Å²) in [6.45, 7) is 6.94. The van der Waals surface area contributed by atoms with E-state index in [0.29, 0.717) is 11.3 Å². The molecule has 0 aliphatic heterocycles. The lowest BCUT2D eigenvalue weighted by atomic mass is 9.52. The molecule has 3 rings (SSSR count). The van der Waals surface area contributed by atoms with Gasteiger partial charge in [-0.3, -0.25) is 10.1 Å². The number of benzene rings is 1. The molecule has 4 heteroatoms. The van der Waals surface area contributed by atoms with Gasteiger partial charge < -0.3 is 10.2 Å². The van der Waals surface area contributed by atoms with Crippen LogP contribution in [0.2, 0.25) is 0 Å². The summed E-state index contributed by atoms with van der Waals surface area (Å²) in [6, 6.07) is 8.68. The Bertz CT molecular complexity index is 628. The fraction of sp³-hybridized carbons (Fsp3) is 0.682. The van der Waals surface area contributed by atoms with Crippen LogP contribution in [0.5, 0.6) is 0 Å². The smallest absolute Gasteiger partial charge is 0.321 e. The van der Waals surface area contributed by atoms with Crippen LogP contribution >= 0.6 is 0 Å². The quantitative estimate of drug-likeness (QED) is 0.718. The predicted molar refractivity (Wildman–Crippen MR) is 103 cm³/mol. The van der Waals surface area contributed by atoms with Crippen LogP contribution in [0, 0.1) is 22.7 Å². The lowest BCUT2D eigenvalue weighted by Crippen LogP contribution is -2.51. The molecule has 3 N–H and O–H groups in total. The number of hydrogen-bond acceptors (Lipinski definition) is 3. The second-order valence-electron chi connectivity index (χ2n) is 9.75. The van der Waals surface area contributed by atoms with Crippen LogP contribution in [0.4, 0.5) is 0 Å². The van der Waals surface area contributed by atoms with Crippen LogP contribution in [-0.2, 0) is 4.79 Å². The van der Waals surface area contributed by atoms with Gasteiger partial charge in [-0.25, -0.2) is 0 Å². The summed E-state index contributed by atoms with van der Waals surface area (Å²) in [5.41, 5.74) is 1.52. The molecule has 0 spiro atoms. The maximum atomic E-state index is 12.1. The molecule has 2 aliphatic carbocycles. The van der Waals surface area contributed by atoms with E-state index in [-0.39, 0.29) is 24.0 Å². The van der Waals surface area contributed by atoms with Crippen LogP contribution in [0.15, 0.2) is 30.3 Å². The normalized spacial score (nSPS) is 32.6. The highest BCUT2D eigenvalue weighted by Gasteiger charge is 2.48. The van der Waals surface area contributed by atoms with Gasteiger partial charge in [0.05, 0.1) is 12.6 Å². The molecule has 0 saturated heterocycles. The van der Waals surface area contributed by atoms with E-state index in [2.05, 4.69) is 26.1 Å². The Morgan fingerprint density at radius 3 is 2.46 bits per heavy atom. The van der Waals surface area contributed by atoms with E-state index in [1.54, 1.807) is 0 Å². The zero-order chi connectivity index (χ0) is 18.9. The van der Waals surface area contributed by atoms with Gasteiger partial charge in [-0.1, -0.05) is 51.1 Å². The summed E-state index contributed by atoms with van der Waals surface area (Å²) >= 11 is 0. The number of nitrogens with one attached hydrogen (secondary N) is 1. The van der Waals surface area contributed by atoms with Crippen molar-refractivity contribution in [1.29, 1.82) is 0 Å².